The molecule has 0 N–H and O–H groups in total. The topological polar surface area (TPSA) is 48.1 Å². The van der Waals surface area contributed by atoms with Crippen LogP contribution >= 0.6 is 0 Å². The molecule has 0 spiro atoms. The third kappa shape index (κ3) is 2.25. The maximum absolute atomic E-state index is 13.2. The van der Waals surface area contributed by atoms with Crippen molar-refractivity contribution in [2.45, 2.75) is 6.54 Å². The Bertz CT molecular complexity index is 795. The van der Waals surface area contributed by atoms with Gasteiger partial charge >= 0.3 is 0 Å². The Morgan fingerprint density at radius 3 is 2.75 bits per heavy atom. The molecule has 1 heterocycles. The molecule has 4 nitrogen and oxygen atoms in total. The summed E-state index contributed by atoms with van der Waals surface area (Å²) in [6.45, 7) is 0.527. The van der Waals surface area contributed by atoms with Crippen LogP contribution in [-0.4, -0.2) is 9.49 Å². The van der Waals surface area contributed by atoms with Gasteiger partial charge in [0.05, 0.1) is 4.92 Å². The van der Waals surface area contributed by atoms with Gasteiger partial charge < -0.3 is 4.57 Å². The van der Waals surface area contributed by atoms with Crippen molar-refractivity contribution in [3.8, 4) is 0 Å². The lowest BCUT2D eigenvalue weighted by Gasteiger charge is -2.05. The molecular weight excluding hydrogens is 259 g/mol. The summed E-state index contributed by atoms with van der Waals surface area (Å²) in [6.07, 6.45) is 1.85. The minimum Gasteiger partial charge on any atom is -0.343 e. The molecule has 0 saturated heterocycles. The van der Waals surface area contributed by atoms with E-state index < -0.39 is 4.92 Å². The lowest BCUT2D eigenvalue weighted by molar-refractivity contribution is -0.384. The van der Waals surface area contributed by atoms with E-state index in [2.05, 4.69) is 0 Å². The molecule has 0 atom stereocenters. The lowest BCUT2D eigenvalue weighted by Crippen LogP contribution is -1.98. The van der Waals surface area contributed by atoms with Crippen molar-refractivity contribution in [3.05, 3.63) is 76.2 Å². The van der Waals surface area contributed by atoms with Crippen LogP contribution in [0.2, 0.25) is 0 Å². The molecule has 0 amide bonds. The number of halogens is 1. The van der Waals surface area contributed by atoms with E-state index in [1.807, 2.05) is 22.9 Å². The van der Waals surface area contributed by atoms with Crippen molar-refractivity contribution in [2.75, 3.05) is 0 Å². The van der Waals surface area contributed by atoms with E-state index in [1.54, 1.807) is 12.1 Å². The average Bonchev–Trinajstić information content (AvgIpc) is 2.81. The summed E-state index contributed by atoms with van der Waals surface area (Å²) in [4.78, 5) is 10.3. The fraction of sp³-hybridized carbons (Fsp3) is 0.0667. The molecule has 5 heteroatoms. The van der Waals surface area contributed by atoms with Crippen molar-refractivity contribution in [2.24, 2.45) is 0 Å². The second-order valence-corrected chi connectivity index (χ2v) is 4.57. The number of rotatable bonds is 3. The fourth-order valence-corrected chi connectivity index (χ4v) is 2.27. The van der Waals surface area contributed by atoms with Gasteiger partial charge in [-0.1, -0.05) is 12.1 Å². The van der Waals surface area contributed by atoms with Crippen LogP contribution in [0.25, 0.3) is 10.9 Å². The number of nitro benzene ring substituents is 1. The molecule has 20 heavy (non-hydrogen) atoms. The number of benzene rings is 2. The molecule has 2 aromatic carbocycles. The van der Waals surface area contributed by atoms with Crippen LogP contribution < -0.4 is 0 Å². The number of nitro groups is 1. The van der Waals surface area contributed by atoms with E-state index >= 15 is 0 Å². The first kappa shape index (κ1) is 12.3. The zero-order chi connectivity index (χ0) is 14.1. The highest BCUT2D eigenvalue weighted by atomic mass is 19.1. The number of aromatic nitrogens is 1. The maximum Gasteiger partial charge on any atom is 0.270 e. The summed E-state index contributed by atoms with van der Waals surface area (Å²) in [6, 6.07) is 13.0. The Labute approximate surface area is 114 Å². The van der Waals surface area contributed by atoms with E-state index in [4.69, 9.17) is 0 Å². The van der Waals surface area contributed by atoms with Gasteiger partial charge in [-0.3, -0.25) is 10.1 Å². The van der Waals surface area contributed by atoms with Gasteiger partial charge in [0.25, 0.3) is 5.69 Å². The second-order valence-electron chi connectivity index (χ2n) is 4.57. The molecule has 3 rings (SSSR count). The summed E-state index contributed by atoms with van der Waals surface area (Å²) in [5.41, 5.74) is 1.81. The molecular formula is C15H11FN2O2. The Kier molecular flexibility index (Phi) is 2.95. The number of nitrogens with zero attached hydrogens (tertiary/aromatic N) is 2. The van der Waals surface area contributed by atoms with E-state index in [1.165, 1.54) is 24.3 Å². The van der Waals surface area contributed by atoms with Gasteiger partial charge in [0.1, 0.15) is 5.82 Å². The Balaban J connectivity index is 1.98. The standard InChI is InChI=1S/C15H11FN2O2/c16-13-3-1-2-11(8-13)10-17-7-6-12-9-14(18(19)20)4-5-15(12)17/h1-9H,10H2. The Hall–Kier alpha value is -2.69. The average molecular weight is 270 g/mol. The normalized spacial score (nSPS) is 10.8. The van der Waals surface area contributed by atoms with Crippen LogP contribution in [0.5, 0.6) is 0 Å². The molecule has 0 aliphatic heterocycles. The monoisotopic (exact) mass is 270 g/mol. The van der Waals surface area contributed by atoms with Crippen LogP contribution in [-0.2, 0) is 6.54 Å². The van der Waals surface area contributed by atoms with E-state index in [-0.39, 0.29) is 11.5 Å². The molecule has 0 radical (unpaired) electrons. The van der Waals surface area contributed by atoms with Crippen LogP contribution in [0.4, 0.5) is 10.1 Å². The van der Waals surface area contributed by atoms with Crippen molar-refractivity contribution in [1.82, 2.24) is 4.57 Å². The lowest BCUT2D eigenvalue weighted by atomic mass is 10.2. The van der Waals surface area contributed by atoms with Gasteiger partial charge in [-0.2, -0.15) is 0 Å². The summed E-state index contributed by atoms with van der Waals surface area (Å²) in [5, 5.41) is 11.5. The van der Waals surface area contributed by atoms with Crippen LogP contribution in [0.3, 0.4) is 0 Å². The van der Waals surface area contributed by atoms with Gasteiger partial charge in [-0.15, -0.1) is 0 Å². The molecule has 0 fully saturated rings. The van der Waals surface area contributed by atoms with E-state index in [9.17, 15) is 14.5 Å². The van der Waals surface area contributed by atoms with Crippen LogP contribution in [0, 0.1) is 15.9 Å². The van der Waals surface area contributed by atoms with Gasteiger partial charge in [0.2, 0.25) is 0 Å². The van der Waals surface area contributed by atoms with E-state index in [0.29, 0.717) is 6.54 Å². The summed E-state index contributed by atoms with van der Waals surface area (Å²) in [5.74, 6) is -0.269. The smallest absolute Gasteiger partial charge is 0.270 e. The third-order valence-corrected chi connectivity index (χ3v) is 3.21. The van der Waals surface area contributed by atoms with Gasteiger partial charge in [-0.25, -0.2) is 4.39 Å². The molecule has 0 aliphatic rings. The first-order chi connectivity index (χ1) is 9.63. The van der Waals surface area contributed by atoms with E-state index in [0.717, 1.165) is 16.5 Å². The number of fused-ring (bicyclic) bond motifs is 1. The third-order valence-electron chi connectivity index (χ3n) is 3.21. The fourth-order valence-electron chi connectivity index (χ4n) is 2.27. The predicted molar refractivity (Wildman–Crippen MR) is 74.1 cm³/mol. The predicted octanol–water partition coefficient (Wildman–Crippen LogP) is 3.74. The van der Waals surface area contributed by atoms with Crippen molar-refractivity contribution >= 4 is 16.6 Å². The maximum atomic E-state index is 13.2. The highest BCUT2D eigenvalue weighted by Gasteiger charge is 2.09. The molecule has 0 saturated carbocycles. The zero-order valence-electron chi connectivity index (χ0n) is 10.5. The second kappa shape index (κ2) is 4.77. The van der Waals surface area contributed by atoms with Gasteiger partial charge in [0, 0.05) is 35.8 Å². The van der Waals surface area contributed by atoms with Crippen molar-refractivity contribution in [1.29, 1.82) is 0 Å². The summed E-state index contributed by atoms with van der Waals surface area (Å²) in [7, 11) is 0. The van der Waals surface area contributed by atoms with Gasteiger partial charge in [0.15, 0.2) is 0 Å². The molecule has 100 valence electrons. The van der Waals surface area contributed by atoms with Crippen molar-refractivity contribution < 1.29 is 9.31 Å². The highest BCUT2D eigenvalue weighted by molar-refractivity contribution is 5.82. The summed E-state index contributed by atoms with van der Waals surface area (Å²) >= 11 is 0. The van der Waals surface area contributed by atoms with Crippen LogP contribution in [0.15, 0.2) is 54.7 Å². The summed E-state index contributed by atoms with van der Waals surface area (Å²) < 4.78 is 15.1. The highest BCUT2D eigenvalue weighted by Crippen LogP contribution is 2.22. The molecule has 0 unspecified atom stereocenters. The SMILES string of the molecule is O=[N+]([O-])c1ccc2c(ccn2Cc2cccc(F)c2)c1. The molecule has 0 bridgehead atoms. The number of non-ortho nitro benzene ring substituents is 1. The minimum absolute atomic E-state index is 0.0704. The van der Waals surface area contributed by atoms with Gasteiger partial charge in [-0.05, 0) is 29.8 Å². The number of hydrogen-bond donors (Lipinski definition) is 0. The minimum atomic E-state index is -0.413. The first-order valence-corrected chi connectivity index (χ1v) is 6.11. The first-order valence-electron chi connectivity index (χ1n) is 6.11. The number of hydrogen-bond acceptors (Lipinski definition) is 2. The largest absolute Gasteiger partial charge is 0.343 e. The molecule has 3 aromatic rings. The molecule has 1 aromatic heterocycles. The quantitative estimate of drug-likeness (QED) is 0.537. The van der Waals surface area contributed by atoms with Crippen LogP contribution in [0.1, 0.15) is 5.56 Å². The Morgan fingerprint density at radius 1 is 1.15 bits per heavy atom. The molecule has 0 aliphatic carbocycles. The van der Waals surface area contributed by atoms with Crippen molar-refractivity contribution in [3.63, 3.8) is 0 Å². The Morgan fingerprint density at radius 2 is 2.00 bits per heavy atom. The zero-order valence-corrected chi connectivity index (χ0v) is 10.5.